The maximum absolute atomic E-state index is 12.6. The van der Waals surface area contributed by atoms with Crippen LogP contribution in [0.1, 0.15) is 23.1 Å². The Balaban J connectivity index is 1.64. The van der Waals surface area contributed by atoms with Crippen molar-refractivity contribution >= 4 is 15.8 Å². The number of ether oxygens (including phenoxy) is 1. The van der Waals surface area contributed by atoms with Crippen LogP contribution in [0.2, 0.25) is 0 Å². The zero-order chi connectivity index (χ0) is 18.7. The van der Waals surface area contributed by atoms with Crippen molar-refractivity contribution in [1.82, 2.24) is 24.3 Å². The summed E-state index contributed by atoms with van der Waals surface area (Å²) in [5.41, 5.74) is 2.85. The van der Waals surface area contributed by atoms with E-state index in [2.05, 4.69) is 19.8 Å². The van der Waals surface area contributed by atoms with Crippen LogP contribution in [-0.2, 0) is 16.4 Å². The van der Waals surface area contributed by atoms with Gasteiger partial charge in [-0.15, -0.1) is 0 Å². The number of hydrogen-bond acceptors (Lipinski definition) is 6. The van der Waals surface area contributed by atoms with Crippen molar-refractivity contribution in [3.8, 4) is 5.75 Å². The monoisotopic (exact) mass is 375 g/mol. The lowest BCUT2D eigenvalue weighted by molar-refractivity contribution is 0.401. The lowest BCUT2D eigenvalue weighted by Crippen LogP contribution is -2.25. The average Bonchev–Trinajstić information content (AvgIpc) is 3.08. The third-order valence-corrected chi connectivity index (χ3v) is 5.67. The van der Waals surface area contributed by atoms with Crippen LogP contribution < -0.4 is 9.46 Å². The molecule has 0 atom stereocenters. The zero-order valence-electron chi connectivity index (χ0n) is 14.9. The molecule has 26 heavy (non-hydrogen) atoms. The summed E-state index contributed by atoms with van der Waals surface area (Å²) in [7, 11) is -2.17. The molecule has 0 aliphatic rings. The highest BCUT2D eigenvalue weighted by atomic mass is 32.2. The van der Waals surface area contributed by atoms with Gasteiger partial charge in [0.1, 0.15) is 17.0 Å². The van der Waals surface area contributed by atoms with Crippen LogP contribution in [0.3, 0.4) is 0 Å². The SMILES string of the molecule is COc1cc(C)c(C)cc1S(=O)(=O)NCCCc1cnc2ncnn2c1. The number of aromatic nitrogens is 4. The number of hydrogen-bond donors (Lipinski definition) is 1. The van der Waals surface area contributed by atoms with Crippen molar-refractivity contribution in [1.29, 1.82) is 0 Å². The minimum Gasteiger partial charge on any atom is -0.495 e. The number of benzene rings is 1. The Hall–Kier alpha value is -2.52. The molecule has 8 nitrogen and oxygen atoms in total. The molecule has 0 fully saturated rings. The lowest BCUT2D eigenvalue weighted by Gasteiger charge is -2.13. The van der Waals surface area contributed by atoms with E-state index in [1.54, 1.807) is 22.8 Å². The second kappa shape index (κ2) is 7.38. The molecule has 3 aromatic rings. The van der Waals surface area contributed by atoms with E-state index in [1.807, 2.05) is 20.0 Å². The minimum absolute atomic E-state index is 0.161. The summed E-state index contributed by atoms with van der Waals surface area (Å²) in [5, 5.41) is 4.04. The minimum atomic E-state index is -3.64. The molecule has 0 saturated heterocycles. The number of rotatable bonds is 7. The van der Waals surface area contributed by atoms with Gasteiger partial charge in [-0.25, -0.2) is 22.6 Å². The number of sulfonamides is 1. The molecule has 0 saturated carbocycles. The zero-order valence-corrected chi connectivity index (χ0v) is 15.7. The molecule has 0 aliphatic carbocycles. The molecule has 0 unspecified atom stereocenters. The van der Waals surface area contributed by atoms with E-state index in [-0.39, 0.29) is 4.90 Å². The Bertz CT molecular complexity index is 1030. The number of fused-ring (bicyclic) bond motifs is 1. The first kappa shape index (κ1) is 18.3. The largest absolute Gasteiger partial charge is 0.495 e. The fraction of sp³-hybridized carbons (Fsp3) is 0.353. The fourth-order valence-corrected chi connectivity index (χ4v) is 3.90. The smallest absolute Gasteiger partial charge is 0.252 e. The maximum Gasteiger partial charge on any atom is 0.252 e. The molecule has 0 bridgehead atoms. The molecular formula is C17H21N5O3S. The van der Waals surface area contributed by atoms with Gasteiger partial charge in [-0.2, -0.15) is 10.1 Å². The molecule has 2 heterocycles. The Morgan fingerprint density at radius 1 is 1.19 bits per heavy atom. The molecule has 2 aromatic heterocycles. The van der Waals surface area contributed by atoms with Gasteiger partial charge in [0.2, 0.25) is 10.0 Å². The second-order valence-electron chi connectivity index (χ2n) is 6.06. The predicted molar refractivity (Wildman–Crippen MR) is 96.8 cm³/mol. The third kappa shape index (κ3) is 3.83. The van der Waals surface area contributed by atoms with Crippen molar-refractivity contribution in [2.75, 3.05) is 13.7 Å². The van der Waals surface area contributed by atoms with Crippen LogP contribution in [0.4, 0.5) is 0 Å². The normalized spacial score (nSPS) is 11.8. The Morgan fingerprint density at radius 2 is 1.96 bits per heavy atom. The second-order valence-corrected chi connectivity index (χ2v) is 7.79. The van der Waals surface area contributed by atoms with Crippen molar-refractivity contribution < 1.29 is 13.2 Å². The van der Waals surface area contributed by atoms with Gasteiger partial charge in [0, 0.05) is 18.9 Å². The first-order chi connectivity index (χ1) is 12.4. The molecule has 138 valence electrons. The predicted octanol–water partition coefficient (Wildman–Crippen LogP) is 1.66. The topological polar surface area (TPSA) is 98.5 Å². The summed E-state index contributed by atoms with van der Waals surface area (Å²) in [6.45, 7) is 4.11. The van der Waals surface area contributed by atoms with E-state index in [0.717, 1.165) is 16.7 Å². The van der Waals surface area contributed by atoms with Crippen LogP contribution in [0.25, 0.3) is 5.78 Å². The van der Waals surface area contributed by atoms with Gasteiger partial charge in [0.25, 0.3) is 5.78 Å². The van der Waals surface area contributed by atoms with E-state index in [1.165, 1.54) is 13.4 Å². The van der Waals surface area contributed by atoms with Crippen LogP contribution >= 0.6 is 0 Å². The number of aryl methyl sites for hydroxylation is 3. The molecule has 0 radical (unpaired) electrons. The summed E-state index contributed by atoms with van der Waals surface area (Å²) in [6.07, 6.45) is 6.32. The van der Waals surface area contributed by atoms with E-state index in [0.29, 0.717) is 30.9 Å². The number of methoxy groups -OCH3 is 1. The van der Waals surface area contributed by atoms with Gasteiger partial charge in [-0.3, -0.25) is 0 Å². The van der Waals surface area contributed by atoms with E-state index in [4.69, 9.17) is 4.74 Å². The highest BCUT2D eigenvalue weighted by molar-refractivity contribution is 7.89. The highest BCUT2D eigenvalue weighted by Crippen LogP contribution is 2.27. The van der Waals surface area contributed by atoms with Gasteiger partial charge < -0.3 is 4.74 Å². The van der Waals surface area contributed by atoms with E-state index in [9.17, 15) is 8.42 Å². The van der Waals surface area contributed by atoms with Gasteiger partial charge in [0.15, 0.2) is 0 Å². The standard InChI is InChI=1S/C17H21N5O3S/c1-12-7-15(25-3)16(8-13(12)2)26(23,24)21-6-4-5-14-9-18-17-19-11-20-22(17)10-14/h7-11,21H,4-6H2,1-3H3. The van der Waals surface area contributed by atoms with Crippen molar-refractivity contribution in [3.05, 3.63) is 47.5 Å². The van der Waals surface area contributed by atoms with Crippen LogP contribution in [0.15, 0.2) is 35.7 Å². The molecule has 3 rings (SSSR count). The quantitative estimate of drug-likeness (QED) is 0.631. The van der Waals surface area contributed by atoms with E-state index >= 15 is 0 Å². The molecule has 1 aromatic carbocycles. The molecule has 9 heteroatoms. The highest BCUT2D eigenvalue weighted by Gasteiger charge is 2.20. The van der Waals surface area contributed by atoms with Crippen LogP contribution in [-0.4, -0.2) is 41.7 Å². The molecular weight excluding hydrogens is 354 g/mol. The number of nitrogens with one attached hydrogen (secondary N) is 1. The summed E-state index contributed by atoms with van der Waals surface area (Å²) >= 11 is 0. The van der Waals surface area contributed by atoms with Crippen molar-refractivity contribution in [2.24, 2.45) is 0 Å². The van der Waals surface area contributed by atoms with Gasteiger partial charge in [-0.05, 0) is 55.5 Å². The maximum atomic E-state index is 12.6. The summed E-state index contributed by atoms with van der Waals surface area (Å²) in [5.74, 6) is 0.887. The Kier molecular flexibility index (Phi) is 5.19. The Labute approximate surface area is 152 Å². The fourth-order valence-electron chi connectivity index (χ4n) is 2.60. The Morgan fingerprint density at radius 3 is 2.73 bits per heavy atom. The average molecular weight is 375 g/mol. The van der Waals surface area contributed by atoms with Gasteiger partial charge in [-0.1, -0.05) is 0 Å². The van der Waals surface area contributed by atoms with Gasteiger partial charge >= 0.3 is 0 Å². The summed E-state index contributed by atoms with van der Waals surface area (Å²) < 4.78 is 34.7. The van der Waals surface area contributed by atoms with Crippen molar-refractivity contribution in [2.45, 2.75) is 31.6 Å². The first-order valence-corrected chi connectivity index (χ1v) is 9.68. The third-order valence-electron chi connectivity index (χ3n) is 4.19. The molecule has 0 amide bonds. The molecule has 0 aliphatic heterocycles. The molecule has 0 spiro atoms. The lowest BCUT2D eigenvalue weighted by atomic mass is 10.1. The van der Waals surface area contributed by atoms with Gasteiger partial charge in [0.05, 0.1) is 7.11 Å². The summed E-state index contributed by atoms with van der Waals surface area (Å²) in [4.78, 5) is 8.34. The van der Waals surface area contributed by atoms with E-state index < -0.39 is 10.0 Å². The first-order valence-electron chi connectivity index (χ1n) is 8.20. The van der Waals surface area contributed by atoms with Crippen LogP contribution in [0, 0.1) is 13.8 Å². The molecule has 1 N–H and O–H groups in total. The number of nitrogens with zero attached hydrogens (tertiary/aromatic N) is 4. The summed E-state index contributed by atoms with van der Waals surface area (Å²) in [6, 6.07) is 3.38. The van der Waals surface area contributed by atoms with Crippen LogP contribution in [0.5, 0.6) is 5.75 Å². The van der Waals surface area contributed by atoms with Crippen molar-refractivity contribution in [3.63, 3.8) is 0 Å².